The molecule has 1 saturated heterocycles. The van der Waals surface area contributed by atoms with Gasteiger partial charge in [0.25, 0.3) is 0 Å². The van der Waals surface area contributed by atoms with E-state index >= 15 is 0 Å². The molecule has 0 saturated carbocycles. The van der Waals surface area contributed by atoms with Gasteiger partial charge in [0.2, 0.25) is 0 Å². The zero-order valence-corrected chi connectivity index (χ0v) is 27.4. The van der Waals surface area contributed by atoms with Gasteiger partial charge < -0.3 is 24.2 Å². The van der Waals surface area contributed by atoms with Crippen LogP contribution < -0.4 is 9.47 Å². The number of rotatable bonds is 13. The van der Waals surface area contributed by atoms with Crippen molar-refractivity contribution in [2.75, 3.05) is 26.2 Å². The third-order valence-electron chi connectivity index (χ3n) is 8.48. The molecular weight excluding hydrogens is 625 g/mol. The highest BCUT2D eigenvalue weighted by Gasteiger charge is 2.52. The molecule has 4 atom stereocenters. The number of carbonyl (C=O) groups excluding carboxylic acids is 1. The van der Waals surface area contributed by atoms with E-state index in [4.69, 9.17) is 37.4 Å². The van der Waals surface area contributed by atoms with Crippen molar-refractivity contribution < 1.29 is 24.1 Å². The van der Waals surface area contributed by atoms with Gasteiger partial charge >= 0.3 is 0 Å². The molecule has 2 aliphatic rings. The van der Waals surface area contributed by atoms with Crippen LogP contribution in [0, 0.1) is 11.3 Å². The summed E-state index contributed by atoms with van der Waals surface area (Å²) in [5.74, 6) is 0.565. The Hall–Kier alpha value is -3.71. The van der Waals surface area contributed by atoms with Gasteiger partial charge in [0, 0.05) is 43.7 Å². The third-order valence-corrected chi connectivity index (χ3v) is 9.30. The number of aldehydes is 1. The number of β-amino-alcohol motifs (C(OH)–C–C–N with tert-alkyl or cyclic N) is 1. The van der Waals surface area contributed by atoms with Gasteiger partial charge in [-0.25, -0.2) is 0 Å². The number of likely N-dealkylation sites (tertiary alicyclic amines) is 1. The van der Waals surface area contributed by atoms with Crippen LogP contribution in [0.5, 0.6) is 11.5 Å². The Labute approximate surface area is 279 Å². The second kappa shape index (κ2) is 14.8. The van der Waals surface area contributed by atoms with Crippen LogP contribution >= 0.6 is 23.2 Å². The van der Waals surface area contributed by atoms with Gasteiger partial charge in [-0.05, 0) is 56.0 Å². The van der Waals surface area contributed by atoms with Gasteiger partial charge in [-0.3, -0.25) is 9.78 Å². The van der Waals surface area contributed by atoms with Gasteiger partial charge in [-0.2, -0.15) is 5.26 Å². The fraction of sp³-hybridized carbons (Fsp3) is 0.361. The van der Waals surface area contributed by atoms with Crippen molar-refractivity contribution in [1.82, 2.24) is 9.88 Å². The van der Waals surface area contributed by atoms with E-state index in [0.29, 0.717) is 29.7 Å². The first-order valence-electron chi connectivity index (χ1n) is 15.2. The number of aliphatic hydroxyl groups excluding tert-OH is 1. The number of nitrogens with zero attached hydrogens (tertiary/aromatic N) is 3. The largest absolute Gasteiger partial charge is 0.488 e. The predicted molar refractivity (Wildman–Crippen MR) is 178 cm³/mol. The summed E-state index contributed by atoms with van der Waals surface area (Å²) in [5.41, 5.74) is 2.06. The number of aromatic nitrogens is 1. The molecule has 8 nitrogen and oxygen atoms in total. The SMILES string of the molecule is CC(CCN1CC[C@@H](O)C1)OC1(COc2cc(OCc3cncc(C#N)c3)c(C=O)cc2Cl)C=CC=C(c2ccccc2)C1(C)Cl. The Morgan fingerprint density at radius 2 is 2.00 bits per heavy atom. The zero-order valence-electron chi connectivity index (χ0n) is 25.9. The molecule has 1 aliphatic carbocycles. The van der Waals surface area contributed by atoms with Crippen molar-refractivity contribution in [3.05, 3.63) is 106 Å². The number of ether oxygens (including phenoxy) is 3. The molecule has 0 bridgehead atoms. The maximum atomic E-state index is 11.9. The lowest BCUT2D eigenvalue weighted by molar-refractivity contribution is -0.0931. The Kier molecular flexibility index (Phi) is 10.8. The third kappa shape index (κ3) is 7.63. The van der Waals surface area contributed by atoms with E-state index in [1.807, 2.05) is 62.4 Å². The van der Waals surface area contributed by atoms with Gasteiger partial charge in [0.1, 0.15) is 41.3 Å². The topological polar surface area (TPSA) is 105 Å². The summed E-state index contributed by atoms with van der Waals surface area (Å²) in [6.07, 6.45) is 10.6. The second-order valence-corrected chi connectivity index (χ2v) is 13.0. The first-order valence-corrected chi connectivity index (χ1v) is 16.0. The summed E-state index contributed by atoms with van der Waals surface area (Å²) in [7, 11) is 0. The van der Waals surface area contributed by atoms with E-state index in [1.54, 1.807) is 18.3 Å². The number of carbonyl (C=O) groups is 1. The number of hydrogen-bond acceptors (Lipinski definition) is 8. The van der Waals surface area contributed by atoms with Crippen LogP contribution in [0.2, 0.25) is 5.02 Å². The number of allylic oxidation sites excluding steroid dienone is 2. The molecule has 3 aromatic rings. The monoisotopic (exact) mass is 661 g/mol. The second-order valence-electron chi connectivity index (χ2n) is 11.9. The van der Waals surface area contributed by atoms with Crippen LogP contribution in [-0.2, 0) is 11.3 Å². The highest BCUT2D eigenvalue weighted by atomic mass is 35.5. The number of hydrogen-bond donors (Lipinski definition) is 1. The average molecular weight is 663 g/mol. The molecule has 240 valence electrons. The van der Waals surface area contributed by atoms with Crippen molar-refractivity contribution >= 4 is 35.1 Å². The molecule has 46 heavy (non-hydrogen) atoms. The molecule has 3 unspecified atom stereocenters. The molecule has 0 radical (unpaired) electrons. The van der Waals surface area contributed by atoms with Crippen molar-refractivity contribution in [2.45, 2.75) is 56.0 Å². The summed E-state index contributed by atoms with van der Waals surface area (Å²) in [4.78, 5) is 17.2. The van der Waals surface area contributed by atoms with E-state index in [9.17, 15) is 15.2 Å². The van der Waals surface area contributed by atoms with E-state index in [-0.39, 0.29) is 41.8 Å². The molecule has 1 N–H and O–H groups in total. The number of alkyl halides is 1. The first-order chi connectivity index (χ1) is 22.1. The average Bonchev–Trinajstić information content (AvgIpc) is 3.48. The summed E-state index contributed by atoms with van der Waals surface area (Å²) in [6.45, 7) is 6.34. The molecule has 10 heteroatoms. The van der Waals surface area contributed by atoms with Gasteiger partial charge in [0.05, 0.1) is 28.4 Å². The van der Waals surface area contributed by atoms with Crippen molar-refractivity contribution in [2.24, 2.45) is 0 Å². The minimum atomic E-state index is -1.12. The van der Waals surface area contributed by atoms with Crippen LogP contribution in [0.3, 0.4) is 0 Å². The summed E-state index contributed by atoms with van der Waals surface area (Å²) < 4.78 is 19.2. The zero-order chi connectivity index (χ0) is 32.7. The van der Waals surface area contributed by atoms with Crippen LogP contribution in [0.1, 0.15) is 53.7 Å². The fourth-order valence-corrected chi connectivity index (χ4v) is 6.40. The summed E-state index contributed by atoms with van der Waals surface area (Å²) >= 11 is 14.1. The molecule has 0 spiro atoms. The van der Waals surface area contributed by atoms with E-state index in [1.165, 1.54) is 12.3 Å². The van der Waals surface area contributed by atoms with Gasteiger partial charge in [-0.15, -0.1) is 11.6 Å². The van der Waals surface area contributed by atoms with Gasteiger partial charge in [0.15, 0.2) is 6.29 Å². The van der Waals surface area contributed by atoms with Crippen LogP contribution in [0.25, 0.3) is 5.57 Å². The lowest BCUT2D eigenvalue weighted by Crippen LogP contribution is -2.56. The minimum absolute atomic E-state index is 0.00811. The normalized spacial score (nSPS) is 23.4. The Morgan fingerprint density at radius 3 is 2.72 bits per heavy atom. The molecule has 2 aromatic carbocycles. The molecule has 1 aliphatic heterocycles. The van der Waals surface area contributed by atoms with E-state index < -0.39 is 10.5 Å². The van der Waals surface area contributed by atoms with E-state index in [0.717, 1.165) is 37.1 Å². The minimum Gasteiger partial charge on any atom is -0.488 e. The molecule has 5 rings (SSSR count). The number of aliphatic hydroxyl groups is 1. The standard InChI is InChI=1S/C36H37Cl2N3O5/c1-25(10-13-41-14-11-30(43)21-41)46-36(12-6-9-31(35(36,2)38)28-7-4-3-5-8-28)24-45-34-17-33(29(22-42)16-32(34)37)44-23-27-15-26(18-39)19-40-20-27/h3-9,12,15-17,19-20,22,25,30,43H,10-11,13-14,21,23-24H2,1-2H3/t25?,30-,35?,36?/m1/s1. The molecule has 2 heterocycles. The smallest absolute Gasteiger partial charge is 0.153 e. The Balaban J connectivity index is 1.40. The highest BCUT2D eigenvalue weighted by molar-refractivity contribution is 6.32. The fourth-order valence-electron chi connectivity index (χ4n) is 5.84. The summed E-state index contributed by atoms with van der Waals surface area (Å²) in [6, 6.07) is 16.7. The van der Waals surface area contributed by atoms with Crippen LogP contribution in [-0.4, -0.2) is 70.2 Å². The van der Waals surface area contributed by atoms with E-state index in [2.05, 4.69) is 16.0 Å². The quantitative estimate of drug-likeness (QED) is 0.161. The Morgan fingerprint density at radius 1 is 1.20 bits per heavy atom. The van der Waals surface area contributed by atoms with Crippen LogP contribution in [0.4, 0.5) is 0 Å². The maximum absolute atomic E-state index is 11.9. The first kappa shape index (κ1) is 33.6. The van der Waals surface area contributed by atoms with Crippen molar-refractivity contribution in [3.63, 3.8) is 0 Å². The maximum Gasteiger partial charge on any atom is 0.153 e. The van der Waals surface area contributed by atoms with Crippen LogP contribution in [0.15, 0.2) is 79.2 Å². The van der Waals surface area contributed by atoms with Crippen molar-refractivity contribution in [3.8, 4) is 17.6 Å². The number of pyridine rings is 1. The van der Waals surface area contributed by atoms with Gasteiger partial charge in [-0.1, -0.05) is 54.1 Å². The Bertz CT molecular complexity index is 1640. The number of halogens is 2. The summed E-state index contributed by atoms with van der Waals surface area (Å²) in [5, 5.41) is 19.4. The lowest BCUT2D eigenvalue weighted by atomic mass is 9.76. The number of benzene rings is 2. The lowest BCUT2D eigenvalue weighted by Gasteiger charge is -2.47. The predicted octanol–water partition coefficient (Wildman–Crippen LogP) is 6.63. The number of nitriles is 1. The highest BCUT2D eigenvalue weighted by Crippen LogP contribution is 2.48. The molecule has 1 aromatic heterocycles. The molecular formula is C36H37Cl2N3O5. The molecule has 0 amide bonds. The van der Waals surface area contributed by atoms with Crippen molar-refractivity contribution in [1.29, 1.82) is 5.26 Å². The molecule has 1 fully saturated rings.